The van der Waals surface area contributed by atoms with Crippen LogP contribution in [0.3, 0.4) is 0 Å². The Morgan fingerprint density at radius 2 is 2.08 bits per heavy atom. The van der Waals surface area contributed by atoms with Gasteiger partial charge >= 0.3 is 5.97 Å². The summed E-state index contributed by atoms with van der Waals surface area (Å²) in [5.74, 6) is 0.299. The number of thiazole rings is 1. The molecule has 1 aromatic heterocycles. The first-order valence-electron chi connectivity index (χ1n) is 11.1. The molecule has 11 heteroatoms. The van der Waals surface area contributed by atoms with Crippen molar-refractivity contribution in [3.8, 4) is 17.6 Å². The number of rotatable bonds is 7. The number of carbonyl (C=O) groups is 1. The molecule has 1 aliphatic heterocycles. The molecule has 0 fully saturated rings. The van der Waals surface area contributed by atoms with Gasteiger partial charge in [0, 0.05) is 4.47 Å². The average Bonchev–Trinajstić information content (AvgIpc) is 3.16. The van der Waals surface area contributed by atoms with Gasteiger partial charge in [-0.1, -0.05) is 39.4 Å². The number of fused-ring (bicyclic) bond motifs is 1. The Labute approximate surface area is 233 Å². The summed E-state index contributed by atoms with van der Waals surface area (Å²) in [6.45, 7) is 3.55. The first-order valence-corrected chi connectivity index (χ1v) is 13.5. The molecule has 37 heavy (non-hydrogen) atoms. The highest BCUT2D eigenvalue weighted by atomic mass is 79.9. The molecule has 0 unspecified atom stereocenters. The predicted molar refractivity (Wildman–Crippen MR) is 146 cm³/mol. The van der Waals surface area contributed by atoms with E-state index < -0.39 is 12.0 Å². The molecular formula is C26H21Br2N3O5S. The number of carbonyl (C=O) groups excluding carboxylic acids is 1. The van der Waals surface area contributed by atoms with Gasteiger partial charge in [-0.05, 0) is 71.2 Å². The molecule has 1 aliphatic rings. The largest absolute Gasteiger partial charge is 0.493 e. The minimum atomic E-state index is -0.696. The standard InChI is InChI=1S/C26H21Br2N3O5S/c1-4-35-25(33)21-14(2)30-26-31(22(21)16-6-5-7-17(27)13-16)24(32)20(37-26)12-15-10-18(28)23(36-9-8-29)19(11-15)34-3/h5-7,10-13,22H,4,9H2,1-3H3/b20-12-/t22-/m0/s1. The van der Waals surface area contributed by atoms with Gasteiger partial charge in [-0.2, -0.15) is 5.26 Å². The van der Waals surface area contributed by atoms with E-state index in [4.69, 9.17) is 19.5 Å². The highest BCUT2D eigenvalue weighted by Crippen LogP contribution is 2.37. The molecule has 0 spiro atoms. The summed E-state index contributed by atoms with van der Waals surface area (Å²) < 4.78 is 19.6. The Balaban J connectivity index is 1.91. The van der Waals surface area contributed by atoms with Crippen molar-refractivity contribution >= 4 is 55.2 Å². The number of hydrogen-bond donors (Lipinski definition) is 0. The van der Waals surface area contributed by atoms with E-state index in [1.54, 1.807) is 32.1 Å². The molecular weight excluding hydrogens is 626 g/mol. The van der Waals surface area contributed by atoms with Crippen LogP contribution in [-0.2, 0) is 9.53 Å². The first-order chi connectivity index (χ1) is 17.8. The highest BCUT2D eigenvalue weighted by molar-refractivity contribution is 9.10. The molecule has 190 valence electrons. The third-order valence-electron chi connectivity index (χ3n) is 5.51. The van der Waals surface area contributed by atoms with E-state index >= 15 is 0 Å². The van der Waals surface area contributed by atoms with Crippen molar-refractivity contribution in [2.45, 2.75) is 19.9 Å². The Hall–Kier alpha value is -3.20. The molecule has 2 aromatic carbocycles. The average molecular weight is 647 g/mol. The van der Waals surface area contributed by atoms with Gasteiger partial charge < -0.3 is 14.2 Å². The quantitative estimate of drug-likeness (QED) is 0.356. The number of hydrogen-bond acceptors (Lipinski definition) is 8. The molecule has 1 atom stereocenters. The van der Waals surface area contributed by atoms with E-state index in [-0.39, 0.29) is 18.8 Å². The van der Waals surface area contributed by atoms with Crippen LogP contribution >= 0.6 is 43.2 Å². The molecule has 0 bridgehead atoms. The number of aromatic nitrogens is 1. The van der Waals surface area contributed by atoms with Gasteiger partial charge in [-0.25, -0.2) is 9.79 Å². The predicted octanol–water partition coefficient (Wildman–Crippen LogP) is 4.23. The number of methoxy groups -OCH3 is 1. The van der Waals surface area contributed by atoms with Crippen LogP contribution in [0.5, 0.6) is 11.5 Å². The lowest BCUT2D eigenvalue weighted by molar-refractivity contribution is -0.139. The molecule has 0 aliphatic carbocycles. The first kappa shape index (κ1) is 26.9. The smallest absolute Gasteiger partial charge is 0.338 e. The van der Waals surface area contributed by atoms with Crippen LogP contribution in [0.4, 0.5) is 0 Å². The molecule has 0 radical (unpaired) electrons. The summed E-state index contributed by atoms with van der Waals surface area (Å²) in [7, 11) is 1.50. The third-order valence-corrected chi connectivity index (χ3v) is 7.58. The van der Waals surface area contributed by atoms with Crippen molar-refractivity contribution in [2.75, 3.05) is 20.3 Å². The van der Waals surface area contributed by atoms with Crippen LogP contribution in [0.2, 0.25) is 0 Å². The number of nitriles is 1. The van der Waals surface area contributed by atoms with E-state index in [9.17, 15) is 9.59 Å². The van der Waals surface area contributed by atoms with Gasteiger partial charge in [0.1, 0.15) is 6.07 Å². The lowest BCUT2D eigenvalue weighted by atomic mass is 9.96. The van der Waals surface area contributed by atoms with E-state index in [1.807, 2.05) is 30.3 Å². The van der Waals surface area contributed by atoms with E-state index in [0.717, 1.165) is 10.0 Å². The number of allylic oxidation sites excluding steroid dienone is 1. The second kappa shape index (κ2) is 11.5. The second-order valence-electron chi connectivity index (χ2n) is 7.84. The maximum Gasteiger partial charge on any atom is 0.338 e. The summed E-state index contributed by atoms with van der Waals surface area (Å²) in [5, 5.41) is 8.85. The van der Waals surface area contributed by atoms with E-state index in [2.05, 4.69) is 36.9 Å². The van der Waals surface area contributed by atoms with Gasteiger partial charge in [-0.15, -0.1) is 0 Å². The van der Waals surface area contributed by atoms with Crippen LogP contribution in [-0.4, -0.2) is 30.9 Å². The molecule has 3 aromatic rings. The fourth-order valence-electron chi connectivity index (χ4n) is 4.00. The van der Waals surface area contributed by atoms with Crippen LogP contribution in [0, 0.1) is 11.3 Å². The lowest BCUT2D eigenvalue weighted by Crippen LogP contribution is -2.39. The molecule has 0 N–H and O–H groups in total. The van der Waals surface area contributed by atoms with Crippen LogP contribution in [0.1, 0.15) is 31.0 Å². The van der Waals surface area contributed by atoms with Crippen molar-refractivity contribution in [3.63, 3.8) is 0 Å². The number of halogens is 2. The second-order valence-corrected chi connectivity index (χ2v) is 10.6. The number of nitrogens with zero attached hydrogens (tertiary/aromatic N) is 3. The summed E-state index contributed by atoms with van der Waals surface area (Å²) in [5.41, 5.74) is 1.96. The molecule has 8 nitrogen and oxygen atoms in total. The van der Waals surface area contributed by atoms with Crippen molar-refractivity contribution < 1.29 is 19.0 Å². The molecule has 2 heterocycles. The minimum Gasteiger partial charge on any atom is -0.493 e. The van der Waals surface area contributed by atoms with Gasteiger partial charge in [-0.3, -0.25) is 9.36 Å². The summed E-state index contributed by atoms with van der Waals surface area (Å²) in [4.78, 5) is 31.8. The Bertz CT molecular complexity index is 1630. The fraction of sp³-hybridized carbons (Fsp3) is 0.231. The van der Waals surface area contributed by atoms with Crippen LogP contribution in [0.15, 0.2) is 66.4 Å². The van der Waals surface area contributed by atoms with Gasteiger partial charge in [0.05, 0.1) is 40.0 Å². The monoisotopic (exact) mass is 645 g/mol. The number of esters is 1. The maximum absolute atomic E-state index is 13.8. The van der Waals surface area contributed by atoms with Crippen LogP contribution in [0.25, 0.3) is 6.08 Å². The summed E-state index contributed by atoms with van der Waals surface area (Å²) in [6, 6.07) is 12.2. The molecule has 0 saturated carbocycles. The van der Waals surface area contributed by atoms with Crippen molar-refractivity contribution in [1.29, 1.82) is 5.26 Å². The zero-order valence-corrected chi connectivity index (χ0v) is 24.1. The zero-order valence-electron chi connectivity index (χ0n) is 20.1. The van der Waals surface area contributed by atoms with Crippen LogP contribution < -0.4 is 24.4 Å². The number of benzene rings is 2. The number of ether oxygens (including phenoxy) is 3. The topological polar surface area (TPSA) is 103 Å². The fourth-order valence-corrected chi connectivity index (χ4v) is 6.04. The van der Waals surface area contributed by atoms with E-state index in [1.165, 1.54) is 23.0 Å². The van der Waals surface area contributed by atoms with Crippen molar-refractivity contribution in [1.82, 2.24) is 4.57 Å². The van der Waals surface area contributed by atoms with Gasteiger partial charge in [0.25, 0.3) is 5.56 Å². The lowest BCUT2D eigenvalue weighted by Gasteiger charge is -2.24. The van der Waals surface area contributed by atoms with E-state index in [0.29, 0.717) is 42.1 Å². The normalized spacial score (nSPS) is 15.0. The van der Waals surface area contributed by atoms with Gasteiger partial charge in [0.2, 0.25) is 0 Å². The minimum absolute atomic E-state index is 0.134. The zero-order chi connectivity index (χ0) is 26.7. The Kier molecular flexibility index (Phi) is 8.32. The highest BCUT2D eigenvalue weighted by Gasteiger charge is 2.33. The molecule has 0 saturated heterocycles. The summed E-state index contributed by atoms with van der Waals surface area (Å²) in [6.07, 6.45) is 1.73. The maximum atomic E-state index is 13.8. The third kappa shape index (κ3) is 5.42. The van der Waals surface area contributed by atoms with Gasteiger partial charge in [0.15, 0.2) is 22.9 Å². The molecule has 4 rings (SSSR count). The Morgan fingerprint density at radius 1 is 1.30 bits per heavy atom. The Morgan fingerprint density at radius 3 is 2.76 bits per heavy atom. The van der Waals surface area contributed by atoms with Crippen molar-refractivity contribution in [3.05, 3.63) is 87.4 Å². The molecule has 0 amide bonds. The summed E-state index contributed by atoms with van der Waals surface area (Å²) >= 11 is 8.17. The SMILES string of the molecule is CCOC(=O)C1=C(C)N=c2s/c(=C\c3cc(Br)c(OCC#N)c(OC)c3)c(=O)n2[C@H]1c1cccc(Br)c1. The van der Waals surface area contributed by atoms with Crippen molar-refractivity contribution in [2.24, 2.45) is 4.99 Å².